The molecule has 0 aromatic rings. The number of esters is 1. The maximum atomic E-state index is 11.1. The Kier molecular flexibility index (Phi) is 13.6. The largest absolute Gasteiger partial charge is 0.596 e. The Labute approximate surface area is 117 Å². The second kappa shape index (κ2) is 14.0. The van der Waals surface area contributed by atoms with Crippen LogP contribution in [0.3, 0.4) is 0 Å². The number of rotatable bonds is 13. The molecule has 0 aliphatic heterocycles. The molecular formula is C14H27O4P. The van der Waals surface area contributed by atoms with Crippen molar-refractivity contribution in [1.82, 2.24) is 0 Å². The number of carbonyl (C=O) groups excluding carboxylic acids is 1. The van der Waals surface area contributed by atoms with Crippen molar-refractivity contribution in [3.05, 3.63) is 0 Å². The van der Waals surface area contributed by atoms with Crippen LogP contribution in [0.1, 0.15) is 71.1 Å². The summed E-state index contributed by atoms with van der Waals surface area (Å²) in [6, 6.07) is 0. The molecule has 5 heteroatoms. The number of hydrogen-bond donors (Lipinski definition) is 0. The molecule has 0 heterocycles. The van der Waals surface area contributed by atoms with Crippen LogP contribution >= 0.6 is 8.03 Å². The molecule has 0 rings (SSSR count). The van der Waals surface area contributed by atoms with E-state index in [0.717, 1.165) is 38.5 Å². The van der Waals surface area contributed by atoms with E-state index in [4.69, 9.17) is 4.74 Å². The van der Waals surface area contributed by atoms with Gasteiger partial charge >= 0.3 is 14.0 Å². The lowest BCUT2D eigenvalue weighted by molar-refractivity contribution is -0.164. The molecule has 0 spiro atoms. The molecule has 0 amide bonds. The van der Waals surface area contributed by atoms with Gasteiger partial charge in [0.2, 0.25) is 0 Å². The summed E-state index contributed by atoms with van der Waals surface area (Å²) in [6.07, 6.45) is 10.2. The monoisotopic (exact) mass is 290 g/mol. The fraction of sp³-hybridized carbons (Fsp3) is 0.929. The Morgan fingerprint density at radius 2 is 1.53 bits per heavy atom. The fourth-order valence-electron chi connectivity index (χ4n) is 1.87. The highest BCUT2D eigenvalue weighted by molar-refractivity contribution is 7.36. The van der Waals surface area contributed by atoms with Crippen molar-refractivity contribution in [3.63, 3.8) is 0 Å². The summed E-state index contributed by atoms with van der Waals surface area (Å²) in [5.74, 6) is -0.0841. The quantitative estimate of drug-likeness (QED) is 0.295. The molecule has 0 aliphatic carbocycles. The van der Waals surface area contributed by atoms with Gasteiger partial charge in [0, 0.05) is 6.42 Å². The van der Waals surface area contributed by atoms with Gasteiger partial charge in [0.15, 0.2) is 0 Å². The Bertz CT molecular complexity index is 244. The number of ether oxygens (including phenoxy) is 1. The van der Waals surface area contributed by atoms with Crippen molar-refractivity contribution < 1.29 is 19.0 Å². The van der Waals surface area contributed by atoms with Gasteiger partial charge in [-0.15, -0.1) is 0 Å². The SMILES string of the molecule is CCCC(=O)OCCCCCCCCCC[P+](=O)[O-]. The van der Waals surface area contributed by atoms with E-state index in [1.54, 1.807) is 0 Å². The van der Waals surface area contributed by atoms with Crippen molar-refractivity contribution in [1.29, 1.82) is 0 Å². The number of hydrogen-bond acceptors (Lipinski definition) is 4. The lowest BCUT2D eigenvalue weighted by atomic mass is 10.1. The number of unbranched alkanes of at least 4 members (excludes halogenated alkanes) is 7. The average Bonchev–Trinajstić information content (AvgIpc) is 2.36. The highest BCUT2D eigenvalue weighted by Gasteiger charge is 2.00. The molecular weight excluding hydrogens is 263 g/mol. The molecule has 4 nitrogen and oxygen atoms in total. The van der Waals surface area contributed by atoms with Gasteiger partial charge in [-0.2, -0.15) is 0 Å². The summed E-state index contributed by atoms with van der Waals surface area (Å²) >= 11 is 0. The molecule has 0 saturated heterocycles. The van der Waals surface area contributed by atoms with E-state index in [-0.39, 0.29) is 5.97 Å². The zero-order valence-corrected chi connectivity index (χ0v) is 13.0. The molecule has 0 bridgehead atoms. The minimum Gasteiger partial charge on any atom is -0.596 e. The minimum absolute atomic E-state index is 0.0841. The van der Waals surface area contributed by atoms with Crippen LogP contribution in [0.15, 0.2) is 0 Å². The summed E-state index contributed by atoms with van der Waals surface area (Å²) < 4.78 is 15.4. The van der Waals surface area contributed by atoms with E-state index in [2.05, 4.69) is 0 Å². The third-order valence-electron chi connectivity index (χ3n) is 2.95. The first-order valence-corrected chi connectivity index (χ1v) is 8.80. The van der Waals surface area contributed by atoms with Crippen LogP contribution in [0.25, 0.3) is 0 Å². The minimum atomic E-state index is -2.18. The zero-order valence-electron chi connectivity index (χ0n) is 12.1. The van der Waals surface area contributed by atoms with Crippen molar-refractivity contribution >= 4 is 14.0 Å². The maximum Gasteiger partial charge on any atom is 0.308 e. The highest BCUT2D eigenvalue weighted by Crippen LogP contribution is 2.13. The van der Waals surface area contributed by atoms with E-state index in [9.17, 15) is 14.3 Å². The van der Waals surface area contributed by atoms with Crippen molar-refractivity contribution in [2.24, 2.45) is 0 Å². The van der Waals surface area contributed by atoms with Gasteiger partial charge in [-0.3, -0.25) is 4.79 Å². The first-order chi connectivity index (χ1) is 9.16. The summed E-state index contributed by atoms with van der Waals surface area (Å²) in [5, 5.41) is 0. The predicted octanol–water partition coefficient (Wildman–Crippen LogP) is 3.55. The van der Waals surface area contributed by atoms with Gasteiger partial charge in [0.05, 0.1) is 6.61 Å². The molecule has 1 atom stereocenters. The van der Waals surface area contributed by atoms with E-state index >= 15 is 0 Å². The fourth-order valence-corrected chi connectivity index (χ4v) is 2.35. The van der Waals surface area contributed by atoms with Crippen LogP contribution in [0.4, 0.5) is 0 Å². The molecule has 112 valence electrons. The smallest absolute Gasteiger partial charge is 0.308 e. The lowest BCUT2D eigenvalue weighted by Gasteiger charge is -2.04. The molecule has 0 saturated carbocycles. The normalized spacial score (nSPS) is 11.4. The average molecular weight is 290 g/mol. The number of carbonyl (C=O) groups is 1. The van der Waals surface area contributed by atoms with Crippen LogP contribution in [0.2, 0.25) is 0 Å². The second-order valence-corrected chi connectivity index (χ2v) is 5.97. The van der Waals surface area contributed by atoms with E-state index in [1.807, 2.05) is 6.92 Å². The Morgan fingerprint density at radius 1 is 1.00 bits per heavy atom. The van der Waals surface area contributed by atoms with Gasteiger partial charge in [-0.05, 0) is 25.7 Å². The van der Waals surface area contributed by atoms with E-state index in [0.29, 0.717) is 19.2 Å². The molecule has 0 aromatic carbocycles. The summed E-state index contributed by atoms with van der Waals surface area (Å²) in [7, 11) is -2.18. The molecule has 0 radical (unpaired) electrons. The van der Waals surface area contributed by atoms with Crippen LogP contribution in [0.5, 0.6) is 0 Å². The third kappa shape index (κ3) is 15.5. The Balaban J connectivity index is 3.06. The topological polar surface area (TPSA) is 66.4 Å². The first-order valence-electron chi connectivity index (χ1n) is 7.44. The van der Waals surface area contributed by atoms with Crippen LogP contribution in [-0.4, -0.2) is 18.7 Å². The van der Waals surface area contributed by atoms with Crippen molar-refractivity contribution in [2.75, 3.05) is 12.8 Å². The van der Waals surface area contributed by atoms with Crippen LogP contribution in [-0.2, 0) is 14.1 Å². The molecule has 0 aromatic heterocycles. The van der Waals surface area contributed by atoms with Crippen molar-refractivity contribution in [2.45, 2.75) is 71.1 Å². The lowest BCUT2D eigenvalue weighted by Crippen LogP contribution is -2.04. The van der Waals surface area contributed by atoms with Gasteiger partial charge in [0.1, 0.15) is 6.16 Å². The summed E-state index contributed by atoms with van der Waals surface area (Å²) in [6.45, 7) is 2.52. The molecule has 0 N–H and O–H groups in total. The Hall–Kier alpha value is -0.470. The zero-order chi connectivity index (χ0) is 14.3. The molecule has 0 fully saturated rings. The summed E-state index contributed by atoms with van der Waals surface area (Å²) in [5.41, 5.74) is 0. The van der Waals surface area contributed by atoms with Gasteiger partial charge in [0.25, 0.3) is 0 Å². The van der Waals surface area contributed by atoms with E-state index in [1.165, 1.54) is 19.3 Å². The van der Waals surface area contributed by atoms with Gasteiger partial charge in [-0.1, -0.05) is 43.6 Å². The van der Waals surface area contributed by atoms with Gasteiger partial charge < -0.3 is 9.63 Å². The maximum absolute atomic E-state index is 11.1. The molecule has 19 heavy (non-hydrogen) atoms. The predicted molar refractivity (Wildman–Crippen MR) is 75.3 cm³/mol. The molecule has 0 aliphatic rings. The van der Waals surface area contributed by atoms with Crippen LogP contribution < -0.4 is 4.89 Å². The highest BCUT2D eigenvalue weighted by atomic mass is 31.1. The first kappa shape index (κ1) is 18.5. The second-order valence-electron chi connectivity index (χ2n) is 4.86. The molecule has 1 unspecified atom stereocenters. The van der Waals surface area contributed by atoms with Crippen LogP contribution in [0, 0.1) is 0 Å². The van der Waals surface area contributed by atoms with Gasteiger partial charge in [-0.25, -0.2) is 0 Å². The van der Waals surface area contributed by atoms with Crippen molar-refractivity contribution in [3.8, 4) is 0 Å². The summed E-state index contributed by atoms with van der Waals surface area (Å²) in [4.78, 5) is 21.4. The standard InChI is InChI=1S/C14H27O4P/c1-2-11-14(15)18-12-9-7-5-3-4-6-8-10-13-19(16)17/h2-13H2,1H3. The van der Waals surface area contributed by atoms with E-state index < -0.39 is 8.03 Å². The third-order valence-corrected chi connectivity index (χ3v) is 3.63. The Morgan fingerprint density at radius 3 is 2.05 bits per heavy atom.